The maximum atomic E-state index is 12.4. The largest absolute Gasteiger partial charge is 0.342 e. The smallest absolute Gasteiger partial charge is 0.253 e. The first-order chi connectivity index (χ1) is 10.1. The fourth-order valence-corrected chi connectivity index (χ4v) is 2.33. The standard InChI is InChI=1S/C14H18N6O/c1-8-4-7-12(9(2)15-8)14(21)16-10(3)13-17-18-19-20(13)11-5-6-11/h4,7,10-11H,5-6H2,1-3H3,(H,16,21)/t10-/m0/s1. The van der Waals surface area contributed by atoms with Crippen molar-refractivity contribution in [3.8, 4) is 0 Å². The van der Waals surface area contributed by atoms with Gasteiger partial charge >= 0.3 is 0 Å². The molecule has 0 spiro atoms. The van der Waals surface area contributed by atoms with Crippen molar-refractivity contribution in [3.05, 3.63) is 34.9 Å². The van der Waals surface area contributed by atoms with Crippen molar-refractivity contribution < 1.29 is 4.79 Å². The Balaban J connectivity index is 1.76. The van der Waals surface area contributed by atoms with Gasteiger partial charge in [0.1, 0.15) is 0 Å². The number of hydrogen-bond acceptors (Lipinski definition) is 5. The molecule has 7 heteroatoms. The second kappa shape index (κ2) is 5.23. The van der Waals surface area contributed by atoms with E-state index in [1.807, 2.05) is 31.5 Å². The maximum absolute atomic E-state index is 12.4. The molecular weight excluding hydrogens is 268 g/mol. The number of aryl methyl sites for hydroxylation is 2. The van der Waals surface area contributed by atoms with Gasteiger partial charge in [-0.3, -0.25) is 9.78 Å². The molecule has 0 radical (unpaired) electrons. The van der Waals surface area contributed by atoms with Gasteiger partial charge in [-0.1, -0.05) is 0 Å². The van der Waals surface area contributed by atoms with Gasteiger partial charge in [0.15, 0.2) is 5.82 Å². The lowest BCUT2D eigenvalue weighted by Gasteiger charge is -2.14. The van der Waals surface area contributed by atoms with Gasteiger partial charge in [0, 0.05) is 5.69 Å². The van der Waals surface area contributed by atoms with Gasteiger partial charge < -0.3 is 5.32 Å². The predicted octanol–water partition coefficient (Wildman–Crippen LogP) is 1.51. The molecule has 2 aromatic heterocycles. The first-order valence-electron chi connectivity index (χ1n) is 7.09. The van der Waals surface area contributed by atoms with Gasteiger partial charge in [-0.2, -0.15) is 0 Å². The number of nitrogens with zero attached hydrogens (tertiary/aromatic N) is 5. The molecule has 1 saturated carbocycles. The molecule has 3 rings (SSSR count). The first kappa shape index (κ1) is 13.7. The van der Waals surface area contributed by atoms with E-state index in [1.54, 1.807) is 6.07 Å². The van der Waals surface area contributed by atoms with Crippen molar-refractivity contribution in [2.75, 3.05) is 0 Å². The molecule has 1 aliphatic carbocycles. The number of amides is 1. The van der Waals surface area contributed by atoms with Crippen molar-refractivity contribution in [1.29, 1.82) is 0 Å². The maximum Gasteiger partial charge on any atom is 0.253 e. The molecule has 1 amide bonds. The van der Waals surface area contributed by atoms with Crippen LogP contribution in [-0.2, 0) is 0 Å². The zero-order chi connectivity index (χ0) is 15.0. The van der Waals surface area contributed by atoms with Crippen LogP contribution in [0, 0.1) is 13.8 Å². The minimum Gasteiger partial charge on any atom is -0.342 e. The first-order valence-corrected chi connectivity index (χ1v) is 7.09. The van der Waals surface area contributed by atoms with Gasteiger partial charge in [0.2, 0.25) is 0 Å². The summed E-state index contributed by atoms with van der Waals surface area (Å²) in [5, 5.41) is 14.7. The van der Waals surface area contributed by atoms with E-state index in [1.165, 1.54) is 0 Å². The van der Waals surface area contributed by atoms with Crippen molar-refractivity contribution in [1.82, 2.24) is 30.5 Å². The average molecular weight is 286 g/mol. The number of carbonyl (C=O) groups excluding carboxylic acids is 1. The Morgan fingerprint density at radius 1 is 1.38 bits per heavy atom. The highest BCUT2D eigenvalue weighted by Gasteiger charge is 2.30. The lowest BCUT2D eigenvalue weighted by atomic mass is 10.1. The van der Waals surface area contributed by atoms with Crippen LogP contribution in [0.5, 0.6) is 0 Å². The van der Waals surface area contributed by atoms with E-state index >= 15 is 0 Å². The zero-order valence-electron chi connectivity index (χ0n) is 12.4. The predicted molar refractivity (Wildman–Crippen MR) is 75.7 cm³/mol. The second-order valence-corrected chi connectivity index (χ2v) is 5.49. The summed E-state index contributed by atoms with van der Waals surface area (Å²) in [6.45, 7) is 5.63. The Morgan fingerprint density at radius 2 is 2.14 bits per heavy atom. The molecule has 0 saturated heterocycles. The Bertz CT molecular complexity index is 676. The molecule has 1 N–H and O–H groups in total. The van der Waals surface area contributed by atoms with E-state index in [0.29, 0.717) is 17.4 Å². The Morgan fingerprint density at radius 3 is 2.81 bits per heavy atom. The molecule has 0 unspecified atom stereocenters. The Kier molecular flexibility index (Phi) is 3.40. The van der Waals surface area contributed by atoms with Crippen LogP contribution in [0.1, 0.15) is 59.4 Å². The van der Waals surface area contributed by atoms with E-state index in [4.69, 9.17) is 0 Å². The Labute approximate surface area is 122 Å². The van der Waals surface area contributed by atoms with Crippen LogP contribution in [0.3, 0.4) is 0 Å². The summed E-state index contributed by atoms with van der Waals surface area (Å²) in [6, 6.07) is 3.77. The third-order valence-corrected chi connectivity index (χ3v) is 3.62. The molecule has 0 bridgehead atoms. The van der Waals surface area contributed by atoms with Gasteiger partial charge in [0.25, 0.3) is 5.91 Å². The van der Waals surface area contributed by atoms with E-state index in [2.05, 4.69) is 25.8 Å². The SMILES string of the molecule is Cc1ccc(C(=O)N[C@@H](C)c2nnnn2C2CC2)c(C)n1. The number of aromatic nitrogens is 5. The fourth-order valence-electron chi connectivity index (χ4n) is 2.33. The summed E-state index contributed by atoms with van der Waals surface area (Å²) < 4.78 is 1.81. The van der Waals surface area contributed by atoms with E-state index in [-0.39, 0.29) is 11.9 Å². The van der Waals surface area contributed by atoms with E-state index in [0.717, 1.165) is 24.2 Å². The van der Waals surface area contributed by atoms with Crippen molar-refractivity contribution in [2.45, 2.75) is 45.7 Å². The fraction of sp³-hybridized carbons (Fsp3) is 0.500. The topological polar surface area (TPSA) is 85.6 Å². The lowest BCUT2D eigenvalue weighted by Crippen LogP contribution is -2.29. The van der Waals surface area contributed by atoms with Crippen LogP contribution in [0.2, 0.25) is 0 Å². The average Bonchev–Trinajstić information content (AvgIpc) is 3.15. The van der Waals surface area contributed by atoms with Crippen LogP contribution in [0.15, 0.2) is 12.1 Å². The summed E-state index contributed by atoms with van der Waals surface area (Å²) in [6.07, 6.45) is 2.19. The van der Waals surface area contributed by atoms with Gasteiger partial charge in [-0.15, -0.1) is 5.10 Å². The van der Waals surface area contributed by atoms with Crippen LogP contribution in [-0.4, -0.2) is 31.1 Å². The van der Waals surface area contributed by atoms with Crippen LogP contribution < -0.4 is 5.32 Å². The normalized spacial score (nSPS) is 15.8. The monoisotopic (exact) mass is 286 g/mol. The zero-order valence-corrected chi connectivity index (χ0v) is 12.4. The molecule has 0 aliphatic heterocycles. The number of rotatable bonds is 4. The van der Waals surface area contributed by atoms with Crippen LogP contribution >= 0.6 is 0 Å². The summed E-state index contributed by atoms with van der Waals surface area (Å²) >= 11 is 0. The highest BCUT2D eigenvalue weighted by molar-refractivity contribution is 5.95. The second-order valence-electron chi connectivity index (χ2n) is 5.49. The van der Waals surface area contributed by atoms with Crippen molar-refractivity contribution in [3.63, 3.8) is 0 Å². The summed E-state index contributed by atoms with van der Waals surface area (Å²) in [5.74, 6) is 0.543. The van der Waals surface area contributed by atoms with E-state index in [9.17, 15) is 4.79 Å². The molecule has 2 heterocycles. The quantitative estimate of drug-likeness (QED) is 0.920. The van der Waals surface area contributed by atoms with Crippen molar-refractivity contribution in [2.24, 2.45) is 0 Å². The molecule has 21 heavy (non-hydrogen) atoms. The Hall–Kier alpha value is -2.31. The third kappa shape index (κ3) is 2.76. The summed E-state index contributed by atoms with van der Waals surface area (Å²) in [7, 11) is 0. The molecule has 1 fully saturated rings. The number of carbonyl (C=O) groups is 1. The number of pyridine rings is 1. The molecule has 7 nitrogen and oxygen atoms in total. The highest BCUT2D eigenvalue weighted by Crippen LogP contribution is 2.35. The van der Waals surface area contributed by atoms with Crippen LogP contribution in [0.4, 0.5) is 0 Å². The highest BCUT2D eigenvalue weighted by atomic mass is 16.1. The third-order valence-electron chi connectivity index (χ3n) is 3.62. The number of nitrogens with one attached hydrogen (secondary N) is 1. The molecule has 110 valence electrons. The minimum atomic E-state index is -0.242. The van der Waals surface area contributed by atoms with Crippen molar-refractivity contribution >= 4 is 5.91 Å². The number of tetrazole rings is 1. The minimum absolute atomic E-state index is 0.155. The van der Waals surface area contributed by atoms with Gasteiger partial charge in [-0.25, -0.2) is 4.68 Å². The molecular formula is C14H18N6O. The molecule has 2 aromatic rings. The van der Waals surface area contributed by atoms with Gasteiger partial charge in [0.05, 0.1) is 23.3 Å². The molecule has 0 aromatic carbocycles. The summed E-state index contributed by atoms with van der Waals surface area (Å²) in [4.78, 5) is 16.7. The van der Waals surface area contributed by atoms with Crippen LogP contribution in [0.25, 0.3) is 0 Å². The van der Waals surface area contributed by atoms with Gasteiger partial charge in [-0.05, 0) is 56.2 Å². The number of hydrogen-bond donors (Lipinski definition) is 1. The lowest BCUT2D eigenvalue weighted by molar-refractivity contribution is 0.0936. The van der Waals surface area contributed by atoms with E-state index < -0.39 is 0 Å². The molecule has 1 atom stereocenters. The molecule has 1 aliphatic rings. The summed E-state index contributed by atoms with van der Waals surface area (Å²) in [5.41, 5.74) is 2.20.